The minimum atomic E-state index is 0.0800. The number of nitrogens with zero attached hydrogens (tertiary/aromatic N) is 4. The Labute approximate surface area is 284 Å². The van der Waals surface area contributed by atoms with Gasteiger partial charge in [0.2, 0.25) is 0 Å². The first-order chi connectivity index (χ1) is 22.3. The van der Waals surface area contributed by atoms with Crippen molar-refractivity contribution in [3.63, 3.8) is 0 Å². The highest BCUT2D eigenvalue weighted by molar-refractivity contribution is 8.76. The second-order valence-corrected chi connectivity index (χ2v) is 13.9. The monoisotopic (exact) mass is 659 g/mol. The largest absolute Gasteiger partial charge is 0.394 e. The van der Waals surface area contributed by atoms with Crippen LogP contribution in [0, 0.1) is 0 Å². The molecule has 0 aliphatic heterocycles. The molecule has 0 aliphatic carbocycles. The van der Waals surface area contributed by atoms with E-state index in [-0.39, 0.29) is 13.2 Å². The van der Waals surface area contributed by atoms with Crippen molar-refractivity contribution in [1.82, 2.24) is 0 Å². The first-order valence-electron chi connectivity index (χ1n) is 16.0. The third-order valence-corrected chi connectivity index (χ3v) is 10.1. The summed E-state index contributed by atoms with van der Waals surface area (Å²) in [6.45, 7) is 9.71. The lowest BCUT2D eigenvalue weighted by molar-refractivity contribution is -0.698. The first-order valence-corrected chi connectivity index (χ1v) is 18.5. The second-order valence-electron chi connectivity index (χ2n) is 11.2. The molecule has 0 fully saturated rings. The van der Waals surface area contributed by atoms with Crippen LogP contribution in [-0.4, -0.2) is 74.9 Å². The second kappa shape index (κ2) is 20.7. The Morgan fingerprint density at radius 1 is 0.783 bits per heavy atom. The van der Waals surface area contributed by atoms with Crippen LogP contribution in [0.4, 0.5) is 11.4 Å². The molecule has 0 saturated carbocycles. The van der Waals surface area contributed by atoms with Crippen molar-refractivity contribution in [3.8, 4) is 0 Å². The minimum absolute atomic E-state index is 0.0800. The molecular weight excluding hydrogens is 609 g/mol. The third-order valence-electron chi connectivity index (χ3n) is 7.74. The number of rotatable bonds is 19. The van der Waals surface area contributed by atoms with Crippen LogP contribution in [0.15, 0.2) is 95.3 Å². The quantitative estimate of drug-likeness (QED) is 0.0464. The highest BCUT2D eigenvalue weighted by atomic mass is 33.1. The lowest BCUT2D eigenvalue weighted by Crippen LogP contribution is -2.34. The van der Waals surface area contributed by atoms with E-state index in [9.17, 15) is 0 Å². The number of hydrogen-bond donors (Lipinski definition) is 2. The standard InChI is InChI=1S/C38H51N4O2S2/c1-6-35(15-18-39-19-25-43)31(2)29-33-7-11-37(12-8-33)40(4)23-27-45-46-28-24-41(5)38-13-9-34(10-14-38)30-32(3)36-16-20-42(21-17-36)22-26-44/h7-18,20-21,29-30,43-44H,6,19,22-28H2,1-5H3/q+1/b31-29+,35-15+,39-18?. The molecule has 46 heavy (non-hydrogen) atoms. The van der Waals surface area contributed by atoms with Crippen LogP contribution < -0.4 is 14.4 Å². The van der Waals surface area contributed by atoms with Gasteiger partial charge in [-0.05, 0) is 84.0 Å². The predicted molar refractivity (Wildman–Crippen MR) is 204 cm³/mol. The summed E-state index contributed by atoms with van der Waals surface area (Å²) < 4.78 is 1.99. The molecule has 3 rings (SSSR count). The molecule has 0 aliphatic rings. The van der Waals surface area contributed by atoms with Gasteiger partial charge < -0.3 is 20.0 Å². The Kier molecular flexibility index (Phi) is 16.8. The van der Waals surface area contributed by atoms with Crippen LogP contribution in [0.5, 0.6) is 0 Å². The Bertz CT molecular complexity index is 1430. The molecule has 246 valence electrons. The lowest BCUT2D eigenvalue weighted by Gasteiger charge is -2.20. The van der Waals surface area contributed by atoms with E-state index in [0.29, 0.717) is 13.1 Å². The van der Waals surface area contributed by atoms with Gasteiger partial charge in [0.15, 0.2) is 18.9 Å². The molecule has 0 saturated heterocycles. The third kappa shape index (κ3) is 12.8. The number of anilines is 2. The van der Waals surface area contributed by atoms with Crippen molar-refractivity contribution in [2.45, 2.75) is 33.7 Å². The highest BCUT2D eigenvalue weighted by Gasteiger charge is 2.06. The molecule has 8 heteroatoms. The molecule has 3 aromatic rings. The lowest BCUT2D eigenvalue weighted by atomic mass is 10.0. The SMILES string of the molecule is CCC(=C\C=NCCO)/C(C)=C/c1ccc(N(C)CCSSCCN(C)c2ccc(C=C(C)c3cc[n+](CCO)cc3)cc2)cc1. The summed E-state index contributed by atoms with van der Waals surface area (Å²) in [5.74, 6) is 2.13. The van der Waals surface area contributed by atoms with Gasteiger partial charge in [-0.1, -0.05) is 64.9 Å². The normalized spacial score (nSPS) is 12.6. The van der Waals surface area contributed by atoms with E-state index in [1.54, 1.807) is 6.21 Å². The molecule has 0 atom stereocenters. The summed E-state index contributed by atoms with van der Waals surface area (Å²) in [4.78, 5) is 8.82. The van der Waals surface area contributed by atoms with E-state index in [2.05, 4.69) is 122 Å². The van der Waals surface area contributed by atoms with Gasteiger partial charge in [-0.2, -0.15) is 0 Å². The number of aliphatic hydroxyl groups is 2. The van der Waals surface area contributed by atoms with Gasteiger partial charge in [0.25, 0.3) is 0 Å². The van der Waals surface area contributed by atoms with Crippen LogP contribution in [0.2, 0.25) is 0 Å². The number of aliphatic hydroxyl groups excluding tert-OH is 2. The van der Waals surface area contributed by atoms with E-state index in [4.69, 9.17) is 10.2 Å². The zero-order valence-electron chi connectivity index (χ0n) is 28.1. The van der Waals surface area contributed by atoms with Crippen molar-refractivity contribution < 1.29 is 14.8 Å². The van der Waals surface area contributed by atoms with Gasteiger partial charge in [-0.3, -0.25) is 4.99 Å². The fourth-order valence-electron chi connectivity index (χ4n) is 4.84. The zero-order chi connectivity index (χ0) is 33.1. The van der Waals surface area contributed by atoms with E-state index >= 15 is 0 Å². The van der Waals surface area contributed by atoms with Crippen LogP contribution in [0.25, 0.3) is 17.7 Å². The van der Waals surface area contributed by atoms with Crippen LogP contribution >= 0.6 is 21.6 Å². The molecule has 0 radical (unpaired) electrons. The van der Waals surface area contributed by atoms with Crippen molar-refractivity contribution in [2.24, 2.45) is 4.99 Å². The molecule has 0 amide bonds. The number of pyridine rings is 1. The Hall–Kier alpha value is -3.30. The van der Waals surface area contributed by atoms with Crippen LogP contribution in [0.3, 0.4) is 0 Å². The van der Waals surface area contributed by atoms with E-state index < -0.39 is 0 Å². The molecule has 6 nitrogen and oxygen atoms in total. The molecule has 0 unspecified atom stereocenters. The van der Waals surface area contributed by atoms with E-state index in [0.717, 1.165) is 31.0 Å². The topological polar surface area (TPSA) is 63.2 Å². The molecule has 2 aromatic carbocycles. The Balaban J connectivity index is 1.38. The summed E-state index contributed by atoms with van der Waals surface area (Å²) in [7, 11) is 8.19. The molecule has 2 N–H and O–H groups in total. The van der Waals surface area contributed by atoms with Gasteiger partial charge in [0.05, 0.1) is 13.2 Å². The van der Waals surface area contributed by atoms with Crippen molar-refractivity contribution in [3.05, 3.63) is 107 Å². The number of allylic oxidation sites excluding steroid dienone is 4. The summed E-state index contributed by atoms with van der Waals surface area (Å²) in [6, 6.07) is 21.7. The van der Waals surface area contributed by atoms with Crippen molar-refractivity contribution in [2.75, 3.05) is 68.2 Å². The number of hydrogen-bond acceptors (Lipinski definition) is 7. The van der Waals surface area contributed by atoms with Gasteiger partial charge >= 0.3 is 0 Å². The summed E-state index contributed by atoms with van der Waals surface area (Å²) in [5.41, 5.74) is 9.72. The molecule has 0 bridgehead atoms. The molecule has 1 aromatic heterocycles. The Morgan fingerprint density at radius 2 is 1.33 bits per heavy atom. The Morgan fingerprint density at radius 3 is 1.83 bits per heavy atom. The van der Waals surface area contributed by atoms with Crippen LogP contribution in [-0.2, 0) is 6.54 Å². The van der Waals surface area contributed by atoms with Gasteiger partial charge in [-0.25, -0.2) is 4.57 Å². The maximum Gasteiger partial charge on any atom is 0.171 e. The molecular formula is C38H51N4O2S2+. The minimum Gasteiger partial charge on any atom is -0.394 e. The fourth-order valence-corrected chi connectivity index (χ4v) is 6.93. The maximum atomic E-state index is 9.10. The fraction of sp³-hybridized carbons (Fsp3) is 0.368. The van der Waals surface area contributed by atoms with Crippen molar-refractivity contribution in [1.29, 1.82) is 0 Å². The summed E-state index contributed by atoms with van der Waals surface area (Å²) in [6.07, 6.45) is 13.2. The van der Waals surface area contributed by atoms with Crippen molar-refractivity contribution >= 4 is 56.9 Å². The van der Waals surface area contributed by atoms with E-state index in [1.807, 2.05) is 44.6 Å². The van der Waals surface area contributed by atoms with Gasteiger partial charge in [-0.15, -0.1) is 0 Å². The summed E-state index contributed by atoms with van der Waals surface area (Å²) >= 11 is 0. The van der Waals surface area contributed by atoms with Crippen LogP contribution in [0.1, 0.15) is 43.9 Å². The maximum absolute atomic E-state index is 9.10. The average Bonchev–Trinajstić information content (AvgIpc) is 3.07. The zero-order valence-corrected chi connectivity index (χ0v) is 29.7. The van der Waals surface area contributed by atoms with E-state index in [1.165, 1.54) is 44.8 Å². The average molecular weight is 660 g/mol. The number of aromatic nitrogens is 1. The number of benzene rings is 2. The van der Waals surface area contributed by atoms with Gasteiger partial charge in [0, 0.05) is 68.4 Å². The smallest absolute Gasteiger partial charge is 0.171 e. The molecule has 1 heterocycles. The first kappa shape index (κ1) is 37.2. The van der Waals surface area contributed by atoms with Gasteiger partial charge in [0.1, 0.15) is 6.61 Å². The molecule has 0 spiro atoms. The highest BCUT2D eigenvalue weighted by Crippen LogP contribution is 2.25. The summed E-state index contributed by atoms with van der Waals surface area (Å²) in [5, 5.41) is 18.0. The number of aliphatic imine (C=N–C) groups is 1. The predicted octanol–water partition coefficient (Wildman–Crippen LogP) is 7.28.